The van der Waals surface area contributed by atoms with Crippen LogP contribution in [0.5, 0.6) is 0 Å². The first kappa shape index (κ1) is 18.8. The number of rotatable bonds is 4. The fraction of sp³-hybridized carbons (Fsp3) is 0.389. The van der Waals surface area contributed by atoms with Crippen molar-refractivity contribution in [1.82, 2.24) is 10.2 Å². The quantitative estimate of drug-likeness (QED) is 0.646. The zero-order valence-electron chi connectivity index (χ0n) is 14.9. The van der Waals surface area contributed by atoms with Crippen LogP contribution >= 0.6 is 0 Å². The Labute approximate surface area is 156 Å². The molecule has 9 heteroatoms. The van der Waals surface area contributed by atoms with E-state index in [0.717, 1.165) is 0 Å². The molecule has 2 fully saturated rings. The van der Waals surface area contributed by atoms with Gasteiger partial charge in [0.05, 0.1) is 6.54 Å². The molecule has 1 atom stereocenters. The van der Waals surface area contributed by atoms with Gasteiger partial charge in [-0.2, -0.15) is 0 Å². The van der Waals surface area contributed by atoms with Gasteiger partial charge in [0, 0.05) is 30.9 Å². The molecule has 0 saturated carbocycles. The van der Waals surface area contributed by atoms with Crippen molar-refractivity contribution in [3.05, 3.63) is 35.2 Å². The standard InChI is InChI=1S/C18H21N4O5/c1-10-8-11(21-17(25)13-4-7-27-15(13)16(19)24)2-3-12(10)18(26)22-6-5-20-14(23)9-22/h2-3,8,15H,4-7,9H2,1H3,(H2,19,24)(H,20,23)(H,21,25). The summed E-state index contributed by atoms with van der Waals surface area (Å²) in [4.78, 5) is 49.3. The first-order chi connectivity index (χ1) is 12.9. The monoisotopic (exact) mass is 373 g/mol. The van der Waals surface area contributed by atoms with Crippen molar-refractivity contribution in [3.8, 4) is 0 Å². The van der Waals surface area contributed by atoms with Crippen molar-refractivity contribution < 1.29 is 23.9 Å². The maximum Gasteiger partial charge on any atom is 0.254 e. The number of carbonyl (C=O) groups is 4. The van der Waals surface area contributed by atoms with Gasteiger partial charge in [-0.1, -0.05) is 0 Å². The topological polar surface area (TPSA) is 131 Å². The number of primary amides is 1. The molecule has 1 aromatic rings. The Morgan fingerprint density at radius 1 is 1.33 bits per heavy atom. The van der Waals surface area contributed by atoms with E-state index < -0.39 is 17.9 Å². The zero-order chi connectivity index (χ0) is 19.6. The van der Waals surface area contributed by atoms with Crippen LogP contribution in [0.15, 0.2) is 18.2 Å². The summed E-state index contributed by atoms with van der Waals surface area (Å²) >= 11 is 0. The molecule has 9 nitrogen and oxygen atoms in total. The van der Waals surface area contributed by atoms with Crippen molar-refractivity contribution in [2.24, 2.45) is 5.73 Å². The van der Waals surface area contributed by atoms with Gasteiger partial charge in [-0.15, -0.1) is 0 Å². The van der Waals surface area contributed by atoms with Crippen LogP contribution in [0.3, 0.4) is 0 Å². The Morgan fingerprint density at radius 2 is 2.11 bits per heavy atom. The van der Waals surface area contributed by atoms with Gasteiger partial charge in [0.15, 0.2) is 6.10 Å². The van der Waals surface area contributed by atoms with Crippen LogP contribution < -0.4 is 16.4 Å². The Balaban J connectivity index is 1.69. The molecule has 3 rings (SSSR count). The van der Waals surface area contributed by atoms with Gasteiger partial charge >= 0.3 is 0 Å². The number of nitrogens with zero attached hydrogens (tertiary/aromatic N) is 1. The second kappa shape index (κ2) is 7.75. The van der Waals surface area contributed by atoms with Crippen LogP contribution in [0.1, 0.15) is 22.3 Å². The number of nitrogens with two attached hydrogens (primary N) is 1. The number of benzene rings is 1. The molecule has 0 aliphatic carbocycles. The number of hydrogen-bond acceptors (Lipinski definition) is 5. The highest BCUT2D eigenvalue weighted by molar-refractivity contribution is 6.06. The average molecular weight is 373 g/mol. The van der Waals surface area contributed by atoms with E-state index in [4.69, 9.17) is 10.5 Å². The molecule has 2 aliphatic heterocycles. The number of aryl methyl sites for hydroxylation is 1. The van der Waals surface area contributed by atoms with Gasteiger partial charge in [0.25, 0.3) is 5.91 Å². The van der Waals surface area contributed by atoms with Crippen LogP contribution in [-0.2, 0) is 19.1 Å². The van der Waals surface area contributed by atoms with Crippen LogP contribution in [-0.4, -0.2) is 60.9 Å². The summed E-state index contributed by atoms with van der Waals surface area (Å²) in [7, 11) is 0. The number of hydrogen-bond donors (Lipinski definition) is 3. The third kappa shape index (κ3) is 4.08. The first-order valence-electron chi connectivity index (χ1n) is 8.61. The van der Waals surface area contributed by atoms with E-state index >= 15 is 0 Å². The molecular formula is C18H21N4O5. The molecule has 1 radical (unpaired) electrons. The van der Waals surface area contributed by atoms with Gasteiger partial charge in [0.1, 0.15) is 5.92 Å². The van der Waals surface area contributed by atoms with Gasteiger partial charge in [-0.25, -0.2) is 0 Å². The van der Waals surface area contributed by atoms with E-state index in [2.05, 4.69) is 10.6 Å². The Bertz CT molecular complexity index is 794. The Hall–Kier alpha value is -2.94. The van der Waals surface area contributed by atoms with Crippen LogP contribution in [0.25, 0.3) is 0 Å². The van der Waals surface area contributed by atoms with Gasteiger partial charge in [0.2, 0.25) is 17.7 Å². The fourth-order valence-electron chi connectivity index (χ4n) is 3.18. The van der Waals surface area contributed by atoms with Gasteiger partial charge in [-0.05, 0) is 37.1 Å². The minimum atomic E-state index is -1.00. The number of anilines is 1. The van der Waals surface area contributed by atoms with E-state index in [9.17, 15) is 19.2 Å². The summed E-state index contributed by atoms with van der Waals surface area (Å²) in [6.45, 7) is 2.94. The molecule has 2 aliphatic rings. The first-order valence-corrected chi connectivity index (χ1v) is 8.61. The van der Waals surface area contributed by atoms with Crippen molar-refractivity contribution in [3.63, 3.8) is 0 Å². The van der Waals surface area contributed by atoms with Crippen molar-refractivity contribution in [2.45, 2.75) is 19.4 Å². The normalized spacial score (nSPS) is 20.3. The van der Waals surface area contributed by atoms with Gasteiger partial charge in [-0.3, -0.25) is 19.2 Å². The summed E-state index contributed by atoms with van der Waals surface area (Å²) in [5.74, 6) is -1.24. The molecule has 0 aromatic heterocycles. The Morgan fingerprint density at radius 3 is 2.78 bits per heavy atom. The lowest BCUT2D eigenvalue weighted by atomic mass is 9.99. The molecule has 2 heterocycles. The van der Waals surface area contributed by atoms with E-state index in [0.29, 0.717) is 42.2 Å². The SMILES string of the molecule is Cc1cc(NC(=O)[C]2CCOC2C(N)=O)ccc1C(=O)N1CCNC(=O)C1. The Kier molecular flexibility index (Phi) is 5.41. The highest BCUT2D eigenvalue weighted by Gasteiger charge is 2.38. The largest absolute Gasteiger partial charge is 0.367 e. The highest BCUT2D eigenvalue weighted by atomic mass is 16.5. The second-order valence-electron chi connectivity index (χ2n) is 6.49. The molecule has 1 aromatic carbocycles. The summed E-state index contributed by atoms with van der Waals surface area (Å²) in [5.41, 5.74) is 6.87. The van der Waals surface area contributed by atoms with Crippen LogP contribution in [0.4, 0.5) is 5.69 Å². The van der Waals surface area contributed by atoms with Gasteiger partial charge < -0.3 is 26.0 Å². The fourth-order valence-corrected chi connectivity index (χ4v) is 3.18. The molecule has 4 amide bonds. The van der Waals surface area contributed by atoms with Crippen molar-refractivity contribution >= 4 is 29.3 Å². The van der Waals surface area contributed by atoms with Crippen molar-refractivity contribution in [2.75, 3.05) is 31.6 Å². The molecule has 27 heavy (non-hydrogen) atoms. The average Bonchev–Trinajstić information content (AvgIpc) is 3.11. The third-order valence-electron chi connectivity index (χ3n) is 4.56. The molecule has 4 N–H and O–H groups in total. The smallest absolute Gasteiger partial charge is 0.254 e. The van der Waals surface area contributed by atoms with E-state index in [-0.39, 0.29) is 25.0 Å². The molecule has 0 bridgehead atoms. The number of nitrogens with one attached hydrogen (secondary N) is 2. The minimum absolute atomic E-state index is 0.0313. The molecule has 2 saturated heterocycles. The number of piperazine rings is 1. The summed E-state index contributed by atoms with van der Waals surface area (Å²) in [6.07, 6.45) is -0.663. The lowest BCUT2D eigenvalue weighted by Crippen LogP contribution is -2.50. The maximum atomic E-state index is 12.6. The van der Waals surface area contributed by atoms with E-state index in [1.165, 1.54) is 4.90 Å². The predicted molar refractivity (Wildman–Crippen MR) is 95.5 cm³/mol. The molecule has 0 spiro atoms. The minimum Gasteiger partial charge on any atom is -0.367 e. The predicted octanol–water partition coefficient (Wildman–Crippen LogP) is -0.646. The highest BCUT2D eigenvalue weighted by Crippen LogP contribution is 2.25. The lowest BCUT2D eigenvalue weighted by Gasteiger charge is -2.27. The van der Waals surface area contributed by atoms with Crippen LogP contribution in [0.2, 0.25) is 0 Å². The number of amides is 4. The summed E-state index contributed by atoms with van der Waals surface area (Å²) < 4.78 is 5.18. The number of ether oxygens (including phenoxy) is 1. The summed E-state index contributed by atoms with van der Waals surface area (Å²) in [6, 6.07) is 4.89. The number of carbonyl (C=O) groups excluding carboxylic acids is 4. The molecule has 143 valence electrons. The zero-order valence-corrected chi connectivity index (χ0v) is 14.9. The second-order valence-corrected chi connectivity index (χ2v) is 6.49. The van der Waals surface area contributed by atoms with Crippen LogP contribution in [0, 0.1) is 12.8 Å². The molecular weight excluding hydrogens is 352 g/mol. The van der Waals surface area contributed by atoms with Crippen molar-refractivity contribution in [1.29, 1.82) is 0 Å². The molecule has 1 unspecified atom stereocenters. The summed E-state index contributed by atoms with van der Waals surface area (Å²) in [5, 5.41) is 5.39. The van der Waals surface area contributed by atoms with E-state index in [1.54, 1.807) is 25.1 Å². The lowest BCUT2D eigenvalue weighted by molar-refractivity contribution is -0.128. The maximum absolute atomic E-state index is 12.6. The van der Waals surface area contributed by atoms with E-state index in [1.807, 2.05) is 0 Å². The third-order valence-corrected chi connectivity index (χ3v) is 4.56.